The minimum atomic E-state index is 0.463. The summed E-state index contributed by atoms with van der Waals surface area (Å²) in [5.74, 6) is 1.75. The minimum absolute atomic E-state index is 0.463. The Bertz CT molecular complexity index is 862. The summed E-state index contributed by atoms with van der Waals surface area (Å²) < 4.78 is 0. The number of hydrogen-bond acceptors (Lipinski definition) is 6. The second-order valence-corrected chi connectivity index (χ2v) is 8.00. The molecular weight excluding hydrogens is 372 g/mol. The molecule has 2 aliphatic rings. The normalized spacial score (nSPS) is 22.1. The summed E-state index contributed by atoms with van der Waals surface area (Å²) in [5.41, 5.74) is 1.36. The highest BCUT2D eigenvalue weighted by molar-refractivity contribution is 6.32. The molecule has 146 valence electrons. The quantitative estimate of drug-likeness (QED) is 0.778. The molecule has 0 aliphatic carbocycles. The lowest BCUT2D eigenvalue weighted by atomic mass is 9.83. The molecule has 28 heavy (non-hydrogen) atoms. The summed E-state index contributed by atoms with van der Waals surface area (Å²) in [6.07, 6.45) is 8.09. The SMILES string of the molecule is N#Cc1cccc(Nc2ncc(Cl)c(NCC3CCCN4CCCCC34)n2)c1. The highest BCUT2D eigenvalue weighted by Gasteiger charge is 2.32. The maximum atomic E-state index is 9.04. The molecule has 2 aliphatic heterocycles. The first-order valence-electron chi connectivity index (χ1n) is 10.0. The molecule has 0 radical (unpaired) electrons. The van der Waals surface area contributed by atoms with Crippen LogP contribution in [-0.2, 0) is 0 Å². The van der Waals surface area contributed by atoms with Gasteiger partial charge in [-0.2, -0.15) is 10.2 Å². The predicted octanol–water partition coefficient (Wildman–Crippen LogP) is 4.42. The molecule has 6 nitrogen and oxygen atoms in total. The van der Waals surface area contributed by atoms with Gasteiger partial charge >= 0.3 is 0 Å². The Balaban J connectivity index is 1.43. The van der Waals surface area contributed by atoms with Crippen LogP contribution in [0.5, 0.6) is 0 Å². The van der Waals surface area contributed by atoms with Crippen LogP contribution < -0.4 is 10.6 Å². The lowest BCUT2D eigenvalue weighted by molar-refractivity contribution is 0.0649. The van der Waals surface area contributed by atoms with Gasteiger partial charge in [0.2, 0.25) is 5.95 Å². The zero-order valence-electron chi connectivity index (χ0n) is 15.9. The molecule has 2 N–H and O–H groups in total. The summed E-state index contributed by atoms with van der Waals surface area (Å²) in [7, 11) is 0. The fourth-order valence-corrected chi connectivity index (χ4v) is 4.55. The van der Waals surface area contributed by atoms with Crippen molar-refractivity contribution in [1.29, 1.82) is 5.26 Å². The average Bonchev–Trinajstić information content (AvgIpc) is 2.74. The van der Waals surface area contributed by atoms with Crippen LogP contribution in [0.3, 0.4) is 0 Å². The predicted molar refractivity (Wildman–Crippen MR) is 112 cm³/mol. The molecule has 2 saturated heterocycles. The molecule has 2 atom stereocenters. The van der Waals surface area contributed by atoms with Gasteiger partial charge in [0.15, 0.2) is 5.82 Å². The van der Waals surface area contributed by atoms with Crippen molar-refractivity contribution in [1.82, 2.24) is 14.9 Å². The number of hydrogen-bond donors (Lipinski definition) is 2. The van der Waals surface area contributed by atoms with E-state index >= 15 is 0 Å². The second-order valence-electron chi connectivity index (χ2n) is 7.59. The van der Waals surface area contributed by atoms with Crippen molar-refractivity contribution in [3.8, 4) is 6.07 Å². The van der Waals surface area contributed by atoms with Crippen molar-refractivity contribution in [3.05, 3.63) is 41.0 Å². The smallest absolute Gasteiger partial charge is 0.229 e. The van der Waals surface area contributed by atoms with Gasteiger partial charge in [0, 0.05) is 18.3 Å². The molecule has 3 heterocycles. The van der Waals surface area contributed by atoms with Gasteiger partial charge in [-0.05, 0) is 62.9 Å². The van der Waals surface area contributed by atoms with Gasteiger partial charge in [-0.1, -0.05) is 24.1 Å². The molecule has 0 spiro atoms. The molecular formula is C21H25ClN6. The summed E-state index contributed by atoms with van der Waals surface area (Å²) in [6, 6.07) is 10.1. The Kier molecular flexibility index (Phi) is 5.94. The third kappa shape index (κ3) is 4.37. The van der Waals surface area contributed by atoms with E-state index in [9.17, 15) is 0 Å². The number of benzene rings is 1. The van der Waals surface area contributed by atoms with Gasteiger partial charge in [0.25, 0.3) is 0 Å². The molecule has 2 fully saturated rings. The van der Waals surface area contributed by atoms with E-state index in [1.807, 2.05) is 12.1 Å². The standard InChI is InChI=1S/C21H25ClN6/c22-18-14-25-21(26-17-7-3-5-15(11-17)12-23)27-20(18)24-13-16-6-4-10-28-9-2-1-8-19(16)28/h3,5,7,11,14,16,19H,1-2,4,6,8-10,13H2,(H2,24,25,26,27). The second kappa shape index (κ2) is 8.76. The number of anilines is 3. The molecule has 7 heteroatoms. The van der Waals surface area contributed by atoms with Crippen molar-refractivity contribution in [2.45, 2.75) is 38.1 Å². The molecule has 2 aromatic rings. The van der Waals surface area contributed by atoms with Crippen molar-refractivity contribution in [3.63, 3.8) is 0 Å². The molecule has 1 aromatic heterocycles. The average molecular weight is 397 g/mol. The maximum absolute atomic E-state index is 9.04. The van der Waals surface area contributed by atoms with E-state index in [1.54, 1.807) is 18.3 Å². The van der Waals surface area contributed by atoms with E-state index in [0.29, 0.717) is 34.3 Å². The highest BCUT2D eigenvalue weighted by Crippen LogP contribution is 2.31. The Hall–Kier alpha value is -2.36. The summed E-state index contributed by atoms with van der Waals surface area (Å²) in [6.45, 7) is 3.36. The van der Waals surface area contributed by atoms with Crippen molar-refractivity contribution in [2.24, 2.45) is 5.92 Å². The van der Waals surface area contributed by atoms with Gasteiger partial charge < -0.3 is 15.5 Å². The van der Waals surface area contributed by atoms with Crippen molar-refractivity contribution >= 4 is 29.1 Å². The number of piperidine rings is 2. The Morgan fingerprint density at radius 3 is 3.00 bits per heavy atom. The number of nitrogens with one attached hydrogen (secondary N) is 2. The Morgan fingerprint density at radius 2 is 2.11 bits per heavy atom. The van der Waals surface area contributed by atoms with Crippen molar-refractivity contribution < 1.29 is 0 Å². The number of aromatic nitrogens is 2. The van der Waals surface area contributed by atoms with Gasteiger partial charge in [0.05, 0.1) is 17.8 Å². The summed E-state index contributed by atoms with van der Waals surface area (Å²) in [5, 5.41) is 16.2. The van der Waals surface area contributed by atoms with Gasteiger partial charge in [-0.3, -0.25) is 0 Å². The van der Waals surface area contributed by atoms with Crippen LogP contribution in [0.1, 0.15) is 37.7 Å². The first-order chi connectivity index (χ1) is 13.7. The largest absolute Gasteiger partial charge is 0.368 e. The number of nitrogens with zero attached hydrogens (tertiary/aromatic N) is 4. The Labute approximate surface area is 170 Å². The third-order valence-electron chi connectivity index (χ3n) is 5.75. The van der Waals surface area contributed by atoms with Crippen LogP contribution in [0, 0.1) is 17.2 Å². The van der Waals surface area contributed by atoms with Crippen molar-refractivity contribution in [2.75, 3.05) is 30.3 Å². The van der Waals surface area contributed by atoms with Gasteiger partial charge in [-0.15, -0.1) is 0 Å². The van der Waals surface area contributed by atoms with Crippen LogP contribution >= 0.6 is 11.6 Å². The van der Waals surface area contributed by atoms with E-state index in [0.717, 1.165) is 12.2 Å². The van der Waals surface area contributed by atoms with Crippen LogP contribution in [-0.4, -0.2) is 40.5 Å². The molecule has 4 rings (SSSR count). The van der Waals surface area contributed by atoms with E-state index in [-0.39, 0.29) is 0 Å². The topological polar surface area (TPSA) is 76.9 Å². The van der Waals surface area contributed by atoms with Crippen LogP contribution in [0.15, 0.2) is 30.5 Å². The fourth-order valence-electron chi connectivity index (χ4n) is 4.39. The van der Waals surface area contributed by atoms with Crippen LogP contribution in [0.2, 0.25) is 5.02 Å². The lowest BCUT2D eigenvalue weighted by Crippen LogP contribution is -2.49. The molecule has 1 aromatic carbocycles. The minimum Gasteiger partial charge on any atom is -0.368 e. The monoisotopic (exact) mass is 396 g/mol. The van der Waals surface area contributed by atoms with E-state index in [4.69, 9.17) is 16.9 Å². The number of halogens is 1. The third-order valence-corrected chi connectivity index (χ3v) is 6.03. The summed E-state index contributed by atoms with van der Waals surface area (Å²) >= 11 is 6.33. The molecule has 0 bridgehead atoms. The zero-order chi connectivity index (χ0) is 19.3. The number of nitriles is 1. The Morgan fingerprint density at radius 1 is 1.21 bits per heavy atom. The van der Waals surface area contributed by atoms with Crippen LogP contribution in [0.4, 0.5) is 17.5 Å². The highest BCUT2D eigenvalue weighted by atomic mass is 35.5. The zero-order valence-corrected chi connectivity index (χ0v) is 16.6. The van der Waals surface area contributed by atoms with Gasteiger partial charge in [-0.25, -0.2) is 4.98 Å². The number of fused-ring (bicyclic) bond motifs is 1. The molecule has 2 unspecified atom stereocenters. The van der Waals surface area contributed by atoms with E-state index in [2.05, 4.69) is 31.6 Å². The maximum Gasteiger partial charge on any atom is 0.229 e. The lowest BCUT2D eigenvalue weighted by Gasteiger charge is -2.44. The molecule has 0 amide bonds. The first-order valence-corrected chi connectivity index (χ1v) is 10.4. The fraction of sp³-hybridized carbons (Fsp3) is 0.476. The van der Waals surface area contributed by atoms with Crippen LogP contribution in [0.25, 0.3) is 0 Å². The molecule has 0 saturated carbocycles. The van der Waals surface area contributed by atoms with E-state index < -0.39 is 0 Å². The summed E-state index contributed by atoms with van der Waals surface area (Å²) in [4.78, 5) is 11.5. The number of rotatable bonds is 5. The van der Waals surface area contributed by atoms with E-state index in [1.165, 1.54) is 45.2 Å². The first kappa shape index (κ1) is 19.0. The van der Waals surface area contributed by atoms with Gasteiger partial charge in [0.1, 0.15) is 5.02 Å².